The van der Waals surface area contributed by atoms with E-state index in [-0.39, 0.29) is 11.8 Å². The largest absolute Gasteiger partial charge is 0.444 e. The van der Waals surface area contributed by atoms with Crippen LogP contribution >= 0.6 is 0 Å². The Kier molecular flexibility index (Phi) is 6.79. The third-order valence-corrected chi connectivity index (χ3v) is 4.79. The fraction of sp³-hybridized carbons (Fsp3) is 0.444. The number of nitrogens with zero attached hydrogens (tertiary/aromatic N) is 2. The predicted octanol–water partition coefficient (Wildman–Crippen LogP) is 2.14. The molecule has 0 bridgehead atoms. The molecule has 26 heavy (non-hydrogen) atoms. The third-order valence-electron chi connectivity index (χ3n) is 3.82. The monoisotopic (exact) mass is 378 g/mol. The second-order valence-electron chi connectivity index (χ2n) is 6.40. The number of aryl methyl sites for hydroxylation is 1. The SMILES string of the molecule is CN=C(NCc1coc(-c2ccc(C)cc2)n1)NC(C)CCS(C)(=O)=O. The average Bonchev–Trinajstić information content (AvgIpc) is 3.05. The predicted molar refractivity (Wildman–Crippen MR) is 104 cm³/mol. The molecule has 1 heterocycles. The molecule has 8 heteroatoms. The number of hydrogen-bond acceptors (Lipinski definition) is 5. The molecule has 0 saturated carbocycles. The maximum absolute atomic E-state index is 11.2. The van der Waals surface area contributed by atoms with Gasteiger partial charge in [-0.1, -0.05) is 17.7 Å². The first-order valence-electron chi connectivity index (χ1n) is 8.43. The lowest BCUT2D eigenvalue weighted by Gasteiger charge is -2.17. The second-order valence-corrected chi connectivity index (χ2v) is 8.66. The van der Waals surface area contributed by atoms with E-state index in [2.05, 4.69) is 20.6 Å². The molecule has 0 amide bonds. The number of hydrogen-bond donors (Lipinski definition) is 2. The molecule has 0 saturated heterocycles. The quantitative estimate of drug-likeness (QED) is 0.566. The number of guanidine groups is 1. The van der Waals surface area contributed by atoms with Gasteiger partial charge in [0.2, 0.25) is 5.89 Å². The molecule has 0 spiro atoms. The van der Waals surface area contributed by atoms with Crippen LogP contribution in [0, 0.1) is 6.92 Å². The first-order valence-corrected chi connectivity index (χ1v) is 10.5. The van der Waals surface area contributed by atoms with Crippen LogP contribution in [0.1, 0.15) is 24.6 Å². The van der Waals surface area contributed by atoms with Crippen molar-refractivity contribution in [3.63, 3.8) is 0 Å². The fourth-order valence-electron chi connectivity index (χ4n) is 2.28. The molecule has 142 valence electrons. The molecule has 0 radical (unpaired) electrons. The van der Waals surface area contributed by atoms with E-state index in [0.717, 1.165) is 11.3 Å². The van der Waals surface area contributed by atoms with Gasteiger partial charge < -0.3 is 15.1 Å². The van der Waals surface area contributed by atoms with E-state index >= 15 is 0 Å². The Morgan fingerprint density at radius 1 is 1.31 bits per heavy atom. The van der Waals surface area contributed by atoms with Gasteiger partial charge >= 0.3 is 0 Å². The van der Waals surface area contributed by atoms with Crippen molar-refractivity contribution in [1.82, 2.24) is 15.6 Å². The second kappa shape index (κ2) is 8.84. The van der Waals surface area contributed by atoms with Crippen LogP contribution in [-0.2, 0) is 16.4 Å². The minimum atomic E-state index is -2.97. The van der Waals surface area contributed by atoms with Crippen molar-refractivity contribution in [2.75, 3.05) is 19.1 Å². The summed E-state index contributed by atoms with van der Waals surface area (Å²) in [7, 11) is -1.30. The molecule has 7 nitrogen and oxygen atoms in total. The van der Waals surface area contributed by atoms with Crippen LogP contribution < -0.4 is 10.6 Å². The van der Waals surface area contributed by atoms with Gasteiger partial charge in [-0.25, -0.2) is 13.4 Å². The lowest BCUT2D eigenvalue weighted by molar-refractivity contribution is 0.571. The molecular formula is C18H26N4O3S. The van der Waals surface area contributed by atoms with Crippen LogP contribution in [0.15, 0.2) is 39.9 Å². The van der Waals surface area contributed by atoms with Crippen LogP contribution in [0.5, 0.6) is 0 Å². The Hall–Kier alpha value is -2.35. The van der Waals surface area contributed by atoms with Crippen molar-refractivity contribution in [2.45, 2.75) is 32.9 Å². The maximum Gasteiger partial charge on any atom is 0.226 e. The van der Waals surface area contributed by atoms with Crippen LogP contribution in [0.2, 0.25) is 0 Å². The van der Waals surface area contributed by atoms with Gasteiger partial charge in [-0.15, -0.1) is 0 Å². The number of aromatic nitrogens is 1. The summed E-state index contributed by atoms with van der Waals surface area (Å²) in [5.41, 5.74) is 2.87. The van der Waals surface area contributed by atoms with E-state index in [9.17, 15) is 8.42 Å². The molecule has 1 aromatic carbocycles. The molecule has 2 aromatic rings. The van der Waals surface area contributed by atoms with Gasteiger partial charge in [0.25, 0.3) is 0 Å². The lowest BCUT2D eigenvalue weighted by atomic mass is 10.1. The van der Waals surface area contributed by atoms with Crippen molar-refractivity contribution in [3.8, 4) is 11.5 Å². The molecule has 1 unspecified atom stereocenters. The minimum absolute atomic E-state index is 0.0173. The van der Waals surface area contributed by atoms with Crippen molar-refractivity contribution < 1.29 is 12.8 Å². The zero-order valence-electron chi connectivity index (χ0n) is 15.6. The van der Waals surface area contributed by atoms with Gasteiger partial charge in [-0.2, -0.15) is 0 Å². The van der Waals surface area contributed by atoms with Crippen molar-refractivity contribution in [2.24, 2.45) is 4.99 Å². The average molecular weight is 378 g/mol. The Labute approximate surface area is 154 Å². The summed E-state index contributed by atoms with van der Waals surface area (Å²) in [6, 6.07) is 7.96. The highest BCUT2D eigenvalue weighted by Crippen LogP contribution is 2.18. The van der Waals surface area contributed by atoms with Gasteiger partial charge in [-0.3, -0.25) is 4.99 Å². The summed E-state index contributed by atoms with van der Waals surface area (Å²) < 4.78 is 28.0. The summed E-state index contributed by atoms with van der Waals surface area (Å²) in [5, 5.41) is 6.32. The Bertz CT molecular complexity index is 842. The van der Waals surface area contributed by atoms with Gasteiger partial charge in [-0.05, 0) is 32.4 Å². The molecule has 0 aliphatic heterocycles. The Morgan fingerprint density at radius 2 is 2.00 bits per heavy atom. The number of rotatable bonds is 7. The summed E-state index contributed by atoms with van der Waals surface area (Å²) >= 11 is 0. The molecule has 0 aliphatic carbocycles. The zero-order chi connectivity index (χ0) is 19.2. The first-order chi connectivity index (χ1) is 12.3. The zero-order valence-corrected chi connectivity index (χ0v) is 16.4. The highest BCUT2D eigenvalue weighted by atomic mass is 32.2. The van der Waals surface area contributed by atoms with Crippen LogP contribution in [0.3, 0.4) is 0 Å². The maximum atomic E-state index is 11.2. The summed E-state index contributed by atoms with van der Waals surface area (Å²) in [6.45, 7) is 4.40. The van der Waals surface area contributed by atoms with Crippen LogP contribution in [0.4, 0.5) is 0 Å². The Morgan fingerprint density at radius 3 is 2.62 bits per heavy atom. The minimum Gasteiger partial charge on any atom is -0.444 e. The molecular weight excluding hydrogens is 352 g/mol. The molecule has 1 aromatic heterocycles. The molecule has 2 N–H and O–H groups in total. The van der Waals surface area contributed by atoms with Crippen molar-refractivity contribution in [1.29, 1.82) is 0 Å². The topological polar surface area (TPSA) is 96.6 Å². The van der Waals surface area contributed by atoms with Gasteiger partial charge in [0, 0.05) is 24.9 Å². The number of sulfone groups is 1. The van der Waals surface area contributed by atoms with Crippen molar-refractivity contribution >= 4 is 15.8 Å². The number of aliphatic imine (C=N–C) groups is 1. The van der Waals surface area contributed by atoms with Crippen LogP contribution in [-0.4, -0.2) is 44.5 Å². The summed E-state index contributed by atoms with van der Waals surface area (Å²) in [4.78, 5) is 8.62. The fourth-order valence-corrected chi connectivity index (χ4v) is 3.06. The van der Waals surface area contributed by atoms with E-state index < -0.39 is 9.84 Å². The number of benzene rings is 1. The highest BCUT2D eigenvalue weighted by molar-refractivity contribution is 7.90. The Balaban J connectivity index is 1.88. The molecule has 1 atom stereocenters. The van der Waals surface area contributed by atoms with Crippen LogP contribution in [0.25, 0.3) is 11.5 Å². The van der Waals surface area contributed by atoms with E-state index in [4.69, 9.17) is 4.42 Å². The third kappa shape index (κ3) is 6.51. The molecule has 0 fully saturated rings. The van der Waals surface area contributed by atoms with E-state index in [0.29, 0.717) is 24.8 Å². The van der Waals surface area contributed by atoms with Gasteiger partial charge in [0.15, 0.2) is 5.96 Å². The van der Waals surface area contributed by atoms with E-state index in [1.54, 1.807) is 13.3 Å². The van der Waals surface area contributed by atoms with E-state index in [1.165, 1.54) is 11.8 Å². The van der Waals surface area contributed by atoms with E-state index in [1.807, 2.05) is 38.1 Å². The van der Waals surface area contributed by atoms with Crippen molar-refractivity contribution in [3.05, 3.63) is 41.8 Å². The normalized spacial score (nSPS) is 13.5. The lowest BCUT2D eigenvalue weighted by Crippen LogP contribution is -2.42. The summed E-state index contributed by atoms with van der Waals surface area (Å²) in [5.74, 6) is 1.30. The molecule has 0 aliphatic rings. The standard InChI is InChI=1S/C18H26N4O3S/c1-13-5-7-15(8-6-13)17-22-16(12-25-17)11-20-18(19-3)21-14(2)9-10-26(4,23)24/h5-8,12,14H,9-11H2,1-4H3,(H2,19,20,21). The molecule has 2 rings (SSSR count). The summed E-state index contributed by atoms with van der Waals surface area (Å²) in [6.07, 6.45) is 3.37. The number of oxazole rings is 1. The van der Waals surface area contributed by atoms with Gasteiger partial charge in [0.05, 0.1) is 18.0 Å². The highest BCUT2D eigenvalue weighted by Gasteiger charge is 2.11. The first kappa shape index (κ1) is 20.0. The van der Waals surface area contributed by atoms with Gasteiger partial charge in [0.1, 0.15) is 16.1 Å². The smallest absolute Gasteiger partial charge is 0.226 e. The number of nitrogens with one attached hydrogen (secondary N) is 2.